The highest BCUT2D eigenvalue weighted by atomic mass is 16.5. The second kappa shape index (κ2) is 13.5. The van der Waals surface area contributed by atoms with Crippen LogP contribution >= 0.6 is 0 Å². The van der Waals surface area contributed by atoms with Crippen LogP contribution in [0, 0.1) is 0 Å². The Morgan fingerprint density at radius 1 is 0.688 bits per heavy atom. The fourth-order valence-electron chi connectivity index (χ4n) is 8.44. The smallest absolute Gasteiger partial charge is 0.328 e. The number of urea groups is 1. The zero-order valence-electron chi connectivity index (χ0n) is 27.8. The van der Waals surface area contributed by atoms with Gasteiger partial charge in [-0.3, -0.25) is 14.5 Å². The molecule has 2 fully saturated rings. The van der Waals surface area contributed by atoms with Crippen molar-refractivity contribution in [1.29, 1.82) is 0 Å². The summed E-state index contributed by atoms with van der Waals surface area (Å²) in [7, 11) is 3.20. The number of carbonyl (C=O) groups is 4. The zero-order valence-corrected chi connectivity index (χ0v) is 27.8. The van der Waals surface area contributed by atoms with E-state index in [9.17, 15) is 14.4 Å². The lowest BCUT2D eigenvalue weighted by Crippen LogP contribution is -2.59. The molecule has 0 radical (unpaired) electrons. The number of benzene rings is 3. The third kappa shape index (κ3) is 5.73. The molecule has 0 spiro atoms. The van der Waals surface area contributed by atoms with Crippen LogP contribution in [-0.4, -0.2) is 76.8 Å². The van der Waals surface area contributed by atoms with Gasteiger partial charge in [0.15, 0.2) is 0 Å². The number of anilines is 1. The molecule has 1 saturated heterocycles. The fraction of sp³-hybridized carbons (Fsp3) is 0.436. The number of amides is 4. The first-order valence-corrected chi connectivity index (χ1v) is 17.3. The predicted octanol–water partition coefficient (Wildman–Crippen LogP) is 5.66. The minimum atomic E-state index is -0.795. The number of nitrogens with zero attached hydrogens (tertiary/aromatic N) is 4. The van der Waals surface area contributed by atoms with Gasteiger partial charge in [0.05, 0.1) is 13.2 Å². The molecule has 4 aliphatic rings. The molecule has 3 aromatic rings. The molecular formula is C39H44N4O5. The van der Waals surface area contributed by atoms with Gasteiger partial charge in [-0.2, -0.15) is 0 Å². The van der Waals surface area contributed by atoms with Gasteiger partial charge < -0.3 is 19.4 Å². The number of esters is 1. The quantitative estimate of drug-likeness (QED) is 0.333. The first-order chi connectivity index (χ1) is 23.4. The van der Waals surface area contributed by atoms with Gasteiger partial charge in [0.1, 0.15) is 18.1 Å². The standard InChI is InChI=1S/C39H44N4O5/c1-40(30-18-7-4-8-19-30)39(47)43-31-20-12-11-16-28(31)24-34(43)37(45)42-32(26-13-5-3-6-14-26)21-22-33(42)36(44)41-25-29-17-10-9-15-27(29)23-35(41)38(46)48-2/h3,5-6,9-17,20,30,32-35H,4,7-8,18-19,21-25H2,1-2H3/t32-,33+,34+,35+/m0/s1. The van der Waals surface area contributed by atoms with Crippen molar-refractivity contribution in [2.75, 3.05) is 19.1 Å². The first-order valence-electron chi connectivity index (χ1n) is 17.3. The molecule has 0 N–H and O–H groups in total. The Balaban J connectivity index is 1.25. The van der Waals surface area contributed by atoms with Crippen molar-refractivity contribution in [3.8, 4) is 0 Å². The number of methoxy groups -OCH3 is 1. The van der Waals surface area contributed by atoms with E-state index in [0.29, 0.717) is 25.7 Å². The van der Waals surface area contributed by atoms with Crippen LogP contribution in [0.5, 0.6) is 0 Å². The summed E-state index contributed by atoms with van der Waals surface area (Å²) in [6, 6.07) is 22.6. The Hall–Kier alpha value is -4.66. The lowest BCUT2D eigenvalue weighted by Gasteiger charge is -2.41. The minimum absolute atomic E-state index is 0.130. The van der Waals surface area contributed by atoms with Crippen molar-refractivity contribution in [2.45, 2.75) is 94.5 Å². The molecule has 9 heteroatoms. The van der Waals surface area contributed by atoms with E-state index < -0.39 is 24.1 Å². The Morgan fingerprint density at radius 3 is 2.06 bits per heavy atom. The van der Waals surface area contributed by atoms with E-state index >= 15 is 4.79 Å². The third-order valence-corrected chi connectivity index (χ3v) is 11.0. The van der Waals surface area contributed by atoms with Crippen molar-refractivity contribution in [3.05, 3.63) is 101 Å². The summed E-state index contributed by atoms with van der Waals surface area (Å²) in [5, 5.41) is 0. The molecule has 0 bridgehead atoms. The third-order valence-electron chi connectivity index (χ3n) is 11.0. The van der Waals surface area contributed by atoms with Crippen LogP contribution in [-0.2, 0) is 38.5 Å². The van der Waals surface area contributed by atoms with Crippen LogP contribution in [0.1, 0.15) is 73.2 Å². The van der Waals surface area contributed by atoms with E-state index in [-0.39, 0.29) is 36.5 Å². The lowest BCUT2D eigenvalue weighted by atomic mass is 9.93. The van der Waals surface area contributed by atoms with E-state index in [4.69, 9.17) is 4.74 Å². The second-order valence-electron chi connectivity index (χ2n) is 13.6. The highest BCUT2D eigenvalue weighted by Crippen LogP contribution is 2.42. The number of rotatable bonds is 5. The number of hydrogen-bond acceptors (Lipinski definition) is 5. The van der Waals surface area contributed by atoms with E-state index in [2.05, 4.69) is 0 Å². The summed E-state index contributed by atoms with van der Waals surface area (Å²) < 4.78 is 5.18. The lowest BCUT2D eigenvalue weighted by molar-refractivity contribution is -0.157. The molecular weight excluding hydrogens is 604 g/mol. The Labute approximate surface area is 282 Å². The summed E-state index contributed by atoms with van der Waals surface area (Å²) in [4.78, 5) is 64.2. The van der Waals surface area contributed by atoms with Crippen molar-refractivity contribution < 1.29 is 23.9 Å². The number of ether oxygens (including phenoxy) is 1. The number of likely N-dealkylation sites (tertiary alicyclic amines) is 1. The first kappa shape index (κ1) is 31.9. The van der Waals surface area contributed by atoms with E-state index in [0.717, 1.165) is 53.6 Å². The maximum absolute atomic E-state index is 15.1. The molecule has 3 aliphatic heterocycles. The topological polar surface area (TPSA) is 90.5 Å². The van der Waals surface area contributed by atoms with E-state index in [1.807, 2.05) is 90.8 Å². The van der Waals surface area contributed by atoms with Crippen LogP contribution in [0.3, 0.4) is 0 Å². The summed E-state index contributed by atoms with van der Waals surface area (Å²) in [6.45, 7) is 0.259. The summed E-state index contributed by atoms with van der Waals surface area (Å²) in [5.74, 6) is -0.977. The van der Waals surface area contributed by atoms with Crippen LogP contribution in [0.4, 0.5) is 10.5 Å². The average Bonchev–Trinajstić information content (AvgIpc) is 3.76. The van der Waals surface area contributed by atoms with Crippen LogP contribution in [0.25, 0.3) is 0 Å². The van der Waals surface area contributed by atoms with E-state index in [1.165, 1.54) is 13.5 Å². The average molecular weight is 649 g/mol. The molecule has 3 heterocycles. The van der Waals surface area contributed by atoms with Crippen molar-refractivity contribution in [1.82, 2.24) is 14.7 Å². The molecule has 7 rings (SSSR count). The molecule has 4 amide bonds. The largest absolute Gasteiger partial charge is 0.467 e. The van der Waals surface area contributed by atoms with Gasteiger partial charge >= 0.3 is 12.0 Å². The maximum atomic E-state index is 15.1. The van der Waals surface area contributed by atoms with Crippen molar-refractivity contribution in [3.63, 3.8) is 0 Å². The maximum Gasteiger partial charge on any atom is 0.328 e. The van der Waals surface area contributed by atoms with Gasteiger partial charge in [-0.05, 0) is 54.0 Å². The zero-order chi connectivity index (χ0) is 33.4. The normalized spacial score (nSPS) is 23.8. The van der Waals surface area contributed by atoms with Gasteiger partial charge in [0, 0.05) is 38.2 Å². The van der Waals surface area contributed by atoms with Gasteiger partial charge in [-0.15, -0.1) is 0 Å². The van der Waals surface area contributed by atoms with Crippen LogP contribution in [0.2, 0.25) is 0 Å². The minimum Gasteiger partial charge on any atom is -0.467 e. The predicted molar refractivity (Wildman–Crippen MR) is 182 cm³/mol. The van der Waals surface area contributed by atoms with Gasteiger partial charge in [0.25, 0.3) is 0 Å². The fourth-order valence-corrected chi connectivity index (χ4v) is 8.44. The number of hydrogen-bond donors (Lipinski definition) is 0. The molecule has 0 unspecified atom stereocenters. The van der Waals surface area contributed by atoms with Crippen LogP contribution < -0.4 is 4.90 Å². The molecule has 250 valence electrons. The molecule has 48 heavy (non-hydrogen) atoms. The number of carbonyl (C=O) groups excluding carboxylic acids is 4. The van der Waals surface area contributed by atoms with Gasteiger partial charge in [-0.25, -0.2) is 9.59 Å². The highest BCUT2D eigenvalue weighted by Gasteiger charge is 2.51. The molecule has 0 aromatic heterocycles. The summed E-state index contributed by atoms with van der Waals surface area (Å²) >= 11 is 0. The SMILES string of the molecule is COC(=O)[C@H]1Cc2ccccc2CN1C(=O)[C@H]1CC[C@@H](c2ccccc2)N1C(=O)[C@H]1Cc2ccccc2N1C(=O)N(C)C1CCCCC1. The van der Waals surface area contributed by atoms with Crippen LogP contribution in [0.15, 0.2) is 78.9 Å². The molecule has 1 saturated carbocycles. The Morgan fingerprint density at radius 2 is 1.33 bits per heavy atom. The second-order valence-corrected chi connectivity index (χ2v) is 13.6. The van der Waals surface area contributed by atoms with Gasteiger partial charge in [-0.1, -0.05) is 92.1 Å². The molecule has 4 atom stereocenters. The summed E-state index contributed by atoms with van der Waals surface area (Å²) in [6.07, 6.45) is 7.03. The summed E-state index contributed by atoms with van der Waals surface area (Å²) in [5.41, 5.74) is 4.63. The molecule has 1 aliphatic carbocycles. The van der Waals surface area contributed by atoms with E-state index in [1.54, 1.807) is 14.7 Å². The number of para-hydroxylation sites is 1. The monoisotopic (exact) mass is 648 g/mol. The van der Waals surface area contributed by atoms with Crippen molar-refractivity contribution in [2.24, 2.45) is 0 Å². The van der Waals surface area contributed by atoms with Gasteiger partial charge in [0.2, 0.25) is 11.8 Å². The molecule has 3 aromatic carbocycles. The molecule has 9 nitrogen and oxygen atoms in total. The highest BCUT2D eigenvalue weighted by molar-refractivity contribution is 6.04. The Bertz CT molecular complexity index is 1690. The van der Waals surface area contributed by atoms with Crippen molar-refractivity contribution >= 4 is 29.5 Å². The Kier molecular flexibility index (Phi) is 8.94. The number of fused-ring (bicyclic) bond motifs is 2.